The number of allylic oxidation sites excluding steroid dienone is 2. The van der Waals surface area contributed by atoms with Gasteiger partial charge in [-0.1, -0.05) is 54.7 Å². The van der Waals surface area contributed by atoms with Crippen LogP contribution in [0.3, 0.4) is 0 Å². The Kier molecular flexibility index (Phi) is 4.51. The Bertz CT molecular complexity index is 274. The Morgan fingerprint density at radius 1 is 1.13 bits per heavy atom. The molecule has 0 aliphatic rings. The van der Waals surface area contributed by atoms with Gasteiger partial charge in [0.15, 0.2) is 0 Å². The van der Waals surface area contributed by atoms with Crippen LogP contribution in [0.1, 0.15) is 48.0 Å². The third kappa shape index (κ3) is 4.46. The summed E-state index contributed by atoms with van der Waals surface area (Å²) in [6.07, 6.45) is 2.93. The van der Waals surface area contributed by atoms with Gasteiger partial charge in [-0.2, -0.15) is 0 Å². The van der Waals surface area contributed by atoms with Crippen molar-refractivity contribution in [3.63, 3.8) is 0 Å². The van der Waals surface area contributed by atoms with Crippen molar-refractivity contribution in [3.8, 4) is 0 Å². The number of nitrogens with zero attached hydrogens (tertiary/aromatic N) is 1. The van der Waals surface area contributed by atoms with Crippen LogP contribution in [0.25, 0.3) is 0 Å². The number of hydrogen-bond donors (Lipinski definition) is 0. The zero-order valence-corrected chi connectivity index (χ0v) is 11.1. The Labute approximate surface area is 95.0 Å². The third-order valence-corrected chi connectivity index (χ3v) is 3.00. The van der Waals surface area contributed by atoms with Gasteiger partial charge in [0.2, 0.25) is 0 Å². The fraction of sp³-hybridized carbons (Fsp3) is 0.643. The molecule has 0 aromatic rings. The zero-order chi connectivity index (χ0) is 12.3. The van der Waals surface area contributed by atoms with Gasteiger partial charge in [-0.3, -0.25) is 4.99 Å². The van der Waals surface area contributed by atoms with Crippen LogP contribution in [0.2, 0.25) is 0 Å². The first-order chi connectivity index (χ1) is 6.61. The number of aliphatic imine (C=N–C) groups is 1. The summed E-state index contributed by atoms with van der Waals surface area (Å²) in [5.74, 6) is 0. The molecule has 0 aliphatic carbocycles. The molecule has 1 nitrogen and oxygen atoms in total. The molecule has 0 aromatic carbocycles. The van der Waals surface area contributed by atoms with E-state index in [1.165, 1.54) is 0 Å². The fourth-order valence-electron chi connectivity index (χ4n) is 0.751. The first-order valence-corrected chi connectivity index (χ1v) is 5.54. The molecule has 0 radical (unpaired) electrons. The fourth-order valence-corrected chi connectivity index (χ4v) is 0.751. The lowest BCUT2D eigenvalue weighted by atomic mass is 9.83. The van der Waals surface area contributed by atoms with Crippen LogP contribution in [0, 0.1) is 10.8 Å². The van der Waals surface area contributed by atoms with Gasteiger partial charge in [0.05, 0.1) is 0 Å². The van der Waals surface area contributed by atoms with Crippen LogP contribution in [-0.4, -0.2) is 6.21 Å². The molecule has 0 saturated carbocycles. The van der Waals surface area contributed by atoms with E-state index in [2.05, 4.69) is 59.7 Å². The molecule has 0 bridgehead atoms. The van der Waals surface area contributed by atoms with Crippen LogP contribution >= 0.6 is 0 Å². The molecular formula is C14H25N. The van der Waals surface area contributed by atoms with E-state index >= 15 is 0 Å². The molecule has 0 rings (SSSR count). The maximum absolute atomic E-state index is 4.39. The van der Waals surface area contributed by atoms with Crippen molar-refractivity contribution >= 4 is 6.21 Å². The molecule has 0 aliphatic heterocycles. The molecule has 0 N–H and O–H groups in total. The van der Waals surface area contributed by atoms with E-state index in [1.54, 1.807) is 0 Å². The van der Waals surface area contributed by atoms with E-state index < -0.39 is 0 Å². The van der Waals surface area contributed by atoms with E-state index in [9.17, 15) is 0 Å². The molecule has 0 amide bonds. The standard InChI is InChI=1S/C14H25N/c1-9-14(7,8)11(2)10-15-12(3)13(4,5)6/h10H,2-3,9H2,1,4-8H3. The monoisotopic (exact) mass is 207 g/mol. The summed E-state index contributed by atoms with van der Waals surface area (Å²) in [4.78, 5) is 4.39. The SMILES string of the molecule is C=C(N=CC(=C)C(C)(C)CC)C(C)(C)C. The van der Waals surface area contributed by atoms with Crippen LogP contribution < -0.4 is 0 Å². The normalized spacial score (nSPS) is 13.2. The summed E-state index contributed by atoms with van der Waals surface area (Å²) in [5.41, 5.74) is 2.13. The number of hydrogen-bond acceptors (Lipinski definition) is 1. The predicted octanol–water partition coefficient (Wildman–Crippen LogP) is 4.61. The highest BCUT2D eigenvalue weighted by Crippen LogP contribution is 2.29. The second kappa shape index (κ2) is 4.78. The maximum Gasteiger partial charge on any atom is 0.0385 e. The predicted molar refractivity (Wildman–Crippen MR) is 70.3 cm³/mol. The van der Waals surface area contributed by atoms with Crippen molar-refractivity contribution in [2.24, 2.45) is 15.8 Å². The largest absolute Gasteiger partial charge is 0.261 e. The second-order valence-corrected chi connectivity index (χ2v) is 5.72. The molecule has 86 valence electrons. The van der Waals surface area contributed by atoms with E-state index in [4.69, 9.17) is 0 Å². The highest BCUT2D eigenvalue weighted by Gasteiger charge is 2.18. The van der Waals surface area contributed by atoms with Gasteiger partial charge in [-0.05, 0) is 17.4 Å². The van der Waals surface area contributed by atoms with Crippen LogP contribution in [0.4, 0.5) is 0 Å². The Balaban J connectivity index is 4.57. The van der Waals surface area contributed by atoms with Gasteiger partial charge in [-0.15, -0.1) is 0 Å². The molecule has 0 unspecified atom stereocenters. The quantitative estimate of drug-likeness (QED) is 0.597. The second-order valence-electron chi connectivity index (χ2n) is 5.72. The highest BCUT2D eigenvalue weighted by atomic mass is 14.8. The average molecular weight is 207 g/mol. The molecular weight excluding hydrogens is 182 g/mol. The minimum atomic E-state index is 0.0349. The molecule has 15 heavy (non-hydrogen) atoms. The maximum atomic E-state index is 4.39. The third-order valence-electron chi connectivity index (χ3n) is 3.00. The highest BCUT2D eigenvalue weighted by molar-refractivity contribution is 5.80. The van der Waals surface area contributed by atoms with E-state index in [1.807, 2.05) is 6.21 Å². The van der Waals surface area contributed by atoms with Crippen LogP contribution in [-0.2, 0) is 0 Å². The summed E-state index contributed by atoms with van der Waals surface area (Å²) in [6.45, 7) is 20.9. The van der Waals surface area contributed by atoms with E-state index in [0.29, 0.717) is 0 Å². The molecule has 0 spiro atoms. The molecule has 0 heterocycles. The lowest BCUT2D eigenvalue weighted by molar-refractivity contribution is 0.448. The molecule has 0 saturated heterocycles. The van der Waals surface area contributed by atoms with Crippen molar-refractivity contribution < 1.29 is 0 Å². The molecule has 0 atom stereocenters. The summed E-state index contributed by atoms with van der Waals surface area (Å²) < 4.78 is 0. The minimum Gasteiger partial charge on any atom is -0.261 e. The van der Waals surface area contributed by atoms with Crippen molar-refractivity contribution in [1.82, 2.24) is 0 Å². The van der Waals surface area contributed by atoms with Crippen molar-refractivity contribution in [2.75, 3.05) is 0 Å². The summed E-state index contributed by atoms with van der Waals surface area (Å²) in [6, 6.07) is 0. The van der Waals surface area contributed by atoms with E-state index in [-0.39, 0.29) is 10.8 Å². The molecule has 0 aromatic heterocycles. The van der Waals surface area contributed by atoms with Crippen molar-refractivity contribution in [2.45, 2.75) is 48.0 Å². The van der Waals surface area contributed by atoms with Gasteiger partial charge in [0, 0.05) is 17.3 Å². The minimum absolute atomic E-state index is 0.0349. The van der Waals surface area contributed by atoms with Crippen LogP contribution in [0.5, 0.6) is 0 Å². The Morgan fingerprint density at radius 2 is 1.60 bits per heavy atom. The van der Waals surface area contributed by atoms with Gasteiger partial charge in [0.1, 0.15) is 0 Å². The molecule has 0 fully saturated rings. The summed E-state index contributed by atoms with van der Waals surface area (Å²) in [7, 11) is 0. The molecule has 1 heteroatoms. The first kappa shape index (κ1) is 14.2. The Hall–Kier alpha value is -0.850. The van der Waals surface area contributed by atoms with Gasteiger partial charge < -0.3 is 0 Å². The van der Waals surface area contributed by atoms with Gasteiger partial charge in [0.25, 0.3) is 0 Å². The van der Waals surface area contributed by atoms with Gasteiger partial charge >= 0.3 is 0 Å². The smallest absolute Gasteiger partial charge is 0.0385 e. The Morgan fingerprint density at radius 3 is 1.93 bits per heavy atom. The lowest BCUT2D eigenvalue weighted by Crippen LogP contribution is -2.14. The lowest BCUT2D eigenvalue weighted by Gasteiger charge is -2.23. The first-order valence-electron chi connectivity index (χ1n) is 5.54. The van der Waals surface area contributed by atoms with Gasteiger partial charge in [-0.25, -0.2) is 0 Å². The van der Waals surface area contributed by atoms with Crippen molar-refractivity contribution in [1.29, 1.82) is 0 Å². The summed E-state index contributed by atoms with van der Waals surface area (Å²) in [5, 5.41) is 0. The zero-order valence-electron chi connectivity index (χ0n) is 11.1. The van der Waals surface area contributed by atoms with E-state index in [0.717, 1.165) is 17.7 Å². The number of rotatable bonds is 4. The van der Waals surface area contributed by atoms with Crippen molar-refractivity contribution in [3.05, 3.63) is 24.4 Å². The average Bonchev–Trinajstić information content (AvgIpc) is 2.11. The topological polar surface area (TPSA) is 12.4 Å². The summed E-state index contributed by atoms with van der Waals surface area (Å²) >= 11 is 0. The van der Waals surface area contributed by atoms with Crippen LogP contribution in [0.15, 0.2) is 29.4 Å².